The Morgan fingerprint density at radius 2 is 2.15 bits per heavy atom. The zero-order valence-electron chi connectivity index (χ0n) is 7.70. The monoisotopic (exact) mass is 190 g/mol. The number of hydrogen-bond acceptors (Lipinski definition) is 4. The maximum Gasteiger partial charge on any atom is 0.320 e. The molecular weight excluding hydrogens is 172 g/mol. The summed E-state index contributed by atoms with van der Waals surface area (Å²) in [6, 6.07) is -0.557. The number of aliphatic hydroxyl groups is 1. The highest BCUT2D eigenvalue weighted by atomic mass is 16.4. The van der Waals surface area contributed by atoms with Crippen molar-refractivity contribution in [2.24, 2.45) is 5.73 Å². The van der Waals surface area contributed by atoms with Crippen LogP contribution in [-0.4, -0.2) is 41.9 Å². The number of nitrogens with one attached hydrogen (secondary N) is 1. The van der Waals surface area contributed by atoms with Crippen LogP contribution in [0.3, 0.4) is 0 Å². The highest BCUT2D eigenvalue weighted by molar-refractivity contribution is 5.73. The maximum atomic E-state index is 10.6. The average Bonchev–Trinajstić information content (AvgIpc) is 2.10. The summed E-state index contributed by atoms with van der Waals surface area (Å²) in [4.78, 5) is 10.6. The van der Waals surface area contributed by atoms with Crippen molar-refractivity contribution in [1.29, 1.82) is 0 Å². The first-order chi connectivity index (χ1) is 6.22. The van der Waals surface area contributed by atoms with E-state index in [9.17, 15) is 4.79 Å². The van der Waals surface area contributed by atoms with Gasteiger partial charge < -0.3 is 21.3 Å². The SMILES string of the molecule is NCCCCC(NCCO)C(=O)O. The lowest BCUT2D eigenvalue weighted by atomic mass is 10.1. The zero-order chi connectivity index (χ0) is 10.1. The van der Waals surface area contributed by atoms with Crippen LogP contribution in [-0.2, 0) is 4.79 Å². The van der Waals surface area contributed by atoms with Gasteiger partial charge in [0.15, 0.2) is 0 Å². The molecule has 0 aliphatic rings. The number of hydrogen-bond donors (Lipinski definition) is 4. The van der Waals surface area contributed by atoms with Crippen molar-refractivity contribution < 1.29 is 15.0 Å². The lowest BCUT2D eigenvalue weighted by Crippen LogP contribution is -2.38. The predicted molar refractivity (Wildman–Crippen MR) is 49.4 cm³/mol. The lowest BCUT2D eigenvalue weighted by Gasteiger charge is -2.12. The first-order valence-electron chi connectivity index (χ1n) is 4.49. The molecule has 0 rings (SSSR count). The standard InChI is InChI=1S/C8H18N2O3/c9-4-2-1-3-7(8(12)13)10-5-6-11/h7,10-11H,1-6,9H2,(H,12,13). The summed E-state index contributed by atoms with van der Waals surface area (Å²) >= 11 is 0. The van der Waals surface area contributed by atoms with E-state index >= 15 is 0 Å². The molecule has 13 heavy (non-hydrogen) atoms. The fourth-order valence-electron chi connectivity index (χ4n) is 1.04. The molecule has 78 valence electrons. The Morgan fingerprint density at radius 3 is 2.62 bits per heavy atom. The van der Waals surface area contributed by atoms with E-state index in [1.54, 1.807) is 0 Å². The fourth-order valence-corrected chi connectivity index (χ4v) is 1.04. The van der Waals surface area contributed by atoms with Gasteiger partial charge in [-0.2, -0.15) is 0 Å². The van der Waals surface area contributed by atoms with Gasteiger partial charge in [-0.1, -0.05) is 6.42 Å². The van der Waals surface area contributed by atoms with Gasteiger partial charge in [0.2, 0.25) is 0 Å². The number of unbranched alkanes of at least 4 members (excludes halogenated alkanes) is 1. The number of aliphatic hydroxyl groups excluding tert-OH is 1. The van der Waals surface area contributed by atoms with Crippen molar-refractivity contribution in [2.75, 3.05) is 19.7 Å². The largest absolute Gasteiger partial charge is 0.480 e. The third-order valence-corrected chi connectivity index (χ3v) is 1.75. The molecule has 0 aromatic carbocycles. The third-order valence-electron chi connectivity index (χ3n) is 1.75. The normalized spacial score (nSPS) is 12.8. The highest BCUT2D eigenvalue weighted by Crippen LogP contribution is 2.00. The second-order valence-corrected chi connectivity index (χ2v) is 2.85. The first kappa shape index (κ1) is 12.3. The Balaban J connectivity index is 3.61. The maximum absolute atomic E-state index is 10.6. The smallest absolute Gasteiger partial charge is 0.320 e. The van der Waals surface area contributed by atoms with Gasteiger partial charge in [-0.05, 0) is 19.4 Å². The molecule has 0 bridgehead atoms. The molecule has 0 saturated heterocycles. The number of rotatable bonds is 8. The van der Waals surface area contributed by atoms with Crippen molar-refractivity contribution in [3.63, 3.8) is 0 Å². The molecule has 1 atom stereocenters. The second-order valence-electron chi connectivity index (χ2n) is 2.85. The van der Waals surface area contributed by atoms with Gasteiger partial charge in [0.1, 0.15) is 6.04 Å². The molecule has 5 nitrogen and oxygen atoms in total. The summed E-state index contributed by atoms with van der Waals surface area (Å²) in [5, 5.41) is 20.0. The van der Waals surface area contributed by atoms with Crippen LogP contribution in [0.15, 0.2) is 0 Å². The molecule has 0 heterocycles. The molecule has 1 unspecified atom stereocenters. The fraction of sp³-hybridized carbons (Fsp3) is 0.875. The molecule has 0 aliphatic heterocycles. The van der Waals surface area contributed by atoms with Gasteiger partial charge in [-0.25, -0.2) is 0 Å². The van der Waals surface area contributed by atoms with Gasteiger partial charge in [0, 0.05) is 6.54 Å². The zero-order valence-corrected chi connectivity index (χ0v) is 7.70. The minimum absolute atomic E-state index is 0.0410. The molecule has 0 radical (unpaired) electrons. The van der Waals surface area contributed by atoms with Crippen molar-refractivity contribution in [3.8, 4) is 0 Å². The van der Waals surface area contributed by atoms with Crippen LogP contribution in [0.2, 0.25) is 0 Å². The molecular formula is C8H18N2O3. The van der Waals surface area contributed by atoms with Crippen LogP contribution in [0.1, 0.15) is 19.3 Å². The van der Waals surface area contributed by atoms with E-state index in [4.69, 9.17) is 15.9 Å². The molecule has 0 spiro atoms. The highest BCUT2D eigenvalue weighted by Gasteiger charge is 2.14. The van der Waals surface area contributed by atoms with Crippen LogP contribution in [0.5, 0.6) is 0 Å². The Morgan fingerprint density at radius 1 is 1.46 bits per heavy atom. The van der Waals surface area contributed by atoms with Gasteiger partial charge in [0.25, 0.3) is 0 Å². The van der Waals surface area contributed by atoms with Crippen LogP contribution < -0.4 is 11.1 Å². The molecule has 0 amide bonds. The molecule has 0 fully saturated rings. The summed E-state index contributed by atoms with van der Waals surface area (Å²) in [6.45, 7) is 0.868. The summed E-state index contributed by atoms with van der Waals surface area (Å²) in [5.41, 5.74) is 5.28. The van der Waals surface area contributed by atoms with Crippen LogP contribution in [0, 0.1) is 0 Å². The summed E-state index contributed by atoms with van der Waals surface area (Å²) in [5.74, 6) is -0.870. The van der Waals surface area contributed by atoms with Crippen molar-refractivity contribution in [3.05, 3.63) is 0 Å². The lowest BCUT2D eigenvalue weighted by molar-refractivity contribution is -0.139. The van der Waals surface area contributed by atoms with E-state index < -0.39 is 12.0 Å². The Hall–Kier alpha value is -0.650. The Labute approximate surface area is 77.9 Å². The minimum atomic E-state index is -0.870. The minimum Gasteiger partial charge on any atom is -0.480 e. The topological polar surface area (TPSA) is 95.6 Å². The van der Waals surface area contributed by atoms with Gasteiger partial charge in [0.05, 0.1) is 6.61 Å². The van der Waals surface area contributed by atoms with Crippen molar-refractivity contribution >= 4 is 5.97 Å². The summed E-state index contributed by atoms with van der Waals surface area (Å²) in [6.07, 6.45) is 2.20. The van der Waals surface area contributed by atoms with Gasteiger partial charge in [-0.3, -0.25) is 4.79 Å². The number of carboxylic acids is 1. The van der Waals surface area contributed by atoms with Gasteiger partial charge >= 0.3 is 5.97 Å². The summed E-state index contributed by atoms with van der Waals surface area (Å²) in [7, 11) is 0. The third kappa shape index (κ3) is 6.51. The van der Waals surface area contributed by atoms with Crippen LogP contribution in [0.4, 0.5) is 0 Å². The molecule has 0 aromatic rings. The molecule has 0 aliphatic carbocycles. The van der Waals surface area contributed by atoms with E-state index in [-0.39, 0.29) is 6.61 Å². The first-order valence-corrected chi connectivity index (χ1v) is 4.49. The Bertz CT molecular complexity index is 141. The van der Waals surface area contributed by atoms with E-state index in [0.29, 0.717) is 19.5 Å². The number of carbonyl (C=O) groups is 1. The number of nitrogens with two attached hydrogens (primary N) is 1. The van der Waals surface area contributed by atoms with Crippen LogP contribution in [0.25, 0.3) is 0 Å². The molecule has 5 heteroatoms. The van der Waals surface area contributed by atoms with E-state index in [2.05, 4.69) is 5.32 Å². The molecule has 0 saturated carbocycles. The van der Waals surface area contributed by atoms with Crippen molar-refractivity contribution in [2.45, 2.75) is 25.3 Å². The average molecular weight is 190 g/mol. The summed E-state index contributed by atoms with van der Waals surface area (Å²) < 4.78 is 0. The van der Waals surface area contributed by atoms with E-state index in [1.165, 1.54) is 0 Å². The molecule has 0 aromatic heterocycles. The van der Waals surface area contributed by atoms with Crippen LogP contribution >= 0.6 is 0 Å². The second kappa shape index (κ2) is 7.97. The Kier molecular flexibility index (Phi) is 7.57. The predicted octanol–water partition coefficient (Wildman–Crippen LogP) is -0.849. The molecule has 5 N–H and O–H groups in total. The number of carboxylic acid groups (broad SMARTS) is 1. The van der Waals surface area contributed by atoms with E-state index in [0.717, 1.165) is 12.8 Å². The van der Waals surface area contributed by atoms with Gasteiger partial charge in [-0.15, -0.1) is 0 Å². The van der Waals surface area contributed by atoms with E-state index in [1.807, 2.05) is 0 Å². The quantitative estimate of drug-likeness (QED) is 0.374. The number of aliphatic carboxylic acids is 1. The van der Waals surface area contributed by atoms with Crippen molar-refractivity contribution in [1.82, 2.24) is 5.32 Å².